The summed E-state index contributed by atoms with van der Waals surface area (Å²) >= 11 is 0. The van der Waals surface area contributed by atoms with Crippen molar-refractivity contribution < 1.29 is 4.79 Å². The molecule has 2 aromatic rings. The number of aromatic nitrogens is 2. The van der Waals surface area contributed by atoms with Gasteiger partial charge in [-0.3, -0.25) is 14.3 Å². The van der Waals surface area contributed by atoms with E-state index in [9.17, 15) is 9.59 Å². The molecular formula is C16H20N4O2. The molecular weight excluding hydrogens is 280 g/mol. The Bertz CT molecular complexity index is 764. The highest BCUT2D eigenvalue weighted by atomic mass is 16.2. The summed E-state index contributed by atoms with van der Waals surface area (Å²) in [5, 5.41) is 7.46. The summed E-state index contributed by atoms with van der Waals surface area (Å²) in [5.74, 6) is 0.0474. The summed E-state index contributed by atoms with van der Waals surface area (Å²) in [6.45, 7) is 2.89. The van der Waals surface area contributed by atoms with Crippen LogP contribution in [0.2, 0.25) is 0 Å². The molecule has 1 unspecified atom stereocenters. The summed E-state index contributed by atoms with van der Waals surface area (Å²) in [7, 11) is 0. The number of carbonyl (C=O) groups excluding carboxylic acids is 1. The fourth-order valence-electron chi connectivity index (χ4n) is 2.61. The third-order valence-electron chi connectivity index (χ3n) is 4.10. The number of fused-ring (bicyclic) bond motifs is 1. The maximum absolute atomic E-state index is 12.5. The molecule has 1 aliphatic carbocycles. The zero-order valence-electron chi connectivity index (χ0n) is 12.6. The van der Waals surface area contributed by atoms with E-state index in [-0.39, 0.29) is 17.2 Å². The fraction of sp³-hybridized carbons (Fsp3) is 0.438. The predicted octanol–water partition coefficient (Wildman–Crippen LogP) is 0.884. The average molecular weight is 300 g/mol. The van der Waals surface area contributed by atoms with Crippen molar-refractivity contribution in [3.05, 3.63) is 40.2 Å². The molecule has 0 radical (unpaired) electrons. The van der Waals surface area contributed by atoms with Gasteiger partial charge in [-0.15, -0.1) is 0 Å². The molecule has 1 atom stereocenters. The lowest BCUT2D eigenvalue weighted by molar-refractivity contribution is 0.0942. The molecule has 22 heavy (non-hydrogen) atoms. The van der Waals surface area contributed by atoms with Gasteiger partial charge in [0.25, 0.3) is 5.91 Å². The van der Waals surface area contributed by atoms with E-state index in [2.05, 4.69) is 10.4 Å². The molecule has 1 amide bonds. The van der Waals surface area contributed by atoms with Crippen molar-refractivity contribution in [3.63, 3.8) is 0 Å². The van der Waals surface area contributed by atoms with Crippen LogP contribution in [0.1, 0.15) is 30.3 Å². The Morgan fingerprint density at radius 3 is 2.86 bits per heavy atom. The Morgan fingerprint density at radius 2 is 2.18 bits per heavy atom. The second-order valence-electron chi connectivity index (χ2n) is 5.72. The number of amides is 1. The van der Waals surface area contributed by atoms with Crippen LogP contribution in [0, 0.1) is 5.92 Å². The van der Waals surface area contributed by atoms with Crippen LogP contribution in [0.15, 0.2) is 29.1 Å². The first-order valence-electron chi connectivity index (χ1n) is 7.65. The summed E-state index contributed by atoms with van der Waals surface area (Å²) in [5.41, 5.74) is 6.31. The van der Waals surface area contributed by atoms with Gasteiger partial charge in [0.15, 0.2) is 5.69 Å². The average Bonchev–Trinajstić information content (AvgIpc) is 3.38. The molecule has 6 heteroatoms. The van der Waals surface area contributed by atoms with Crippen molar-refractivity contribution in [3.8, 4) is 0 Å². The van der Waals surface area contributed by atoms with Gasteiger partial charge in [-0.25, -0.2) is 0 Å². The number of para-hydroxylation sites is 1. The number of hydrogen-bond acceptors (Lipinski definition) is 4. The Morgan fingerprint density at radius 1 is 1.45 bits per heavy atom. The van der Waals surface area contributed by atoms with Gasteiger partial charge in [-0.2, -0.15) is 5.10 Å². The molecule has 116 valence electrons. The van der Waals surface area contributed by atoms with Crippen molar-refractivity contribution in [2.75, 3.05) is 6.54 Å². The van der Waals surface area contributed by atoms with Crippen LogP contribution in [0.4, 0.5) is 0 Å². The van der Waals surface area contributed by atoms with Crippen LogP contribution in [0.5, 0.6) is 0 Å². The number of nitrogens with two attached hydrogens (primary N) is 1. The van der Waals surface area contributed by atoms with E-state index in [0.29, 0.717) is 24.4 Å². The summed E-state index contributed by atoms with van der Waals surface area (Å²) in [4.78, 5) is 24.7. The van der Waals surface area contributed by atoms with E-state index in [4.69, 9.17) is 5.73 Å². The largest absolute Gasteiger partial charge is 0.349 e. The van der Waals surface area contributed by atoms with Gasteiger partial charge in [0.1, 0.15) is 0 Å². The number of nitrogens with one attached hydrogen (secondary N) is 1. The maximum Gasteiger partial charge on any atom is 0.275 e. The topological polar surface area (TPSA) is 90.0 Å². The number of rotatable bonds is 5. The lowest BCUT2D eigenvalue weighted by Gasteiger charge is -2.13. The Labute approximate surface area is 128 Å². The standard InChI is InChI=1S/C16H20N4O2/c1-2-20-13-6-4-3-5-11(13)15(21)14(19-20)16(22)18-9-12(17)10-7-8-10/h3-6,10,12H,2,7-9,17H2,1H3,(H,18,22). The van der Waals surface area contributed by atoms with Crippen LogP contribution < -0.4 is 16.5 Å². The molecule has 1 aliphatic rings. The molecule has 1 heterocycles. The van der Waals surface area contributed by atoms with Crippen molar-refractivity contribution in [2.24, 2.45) is 11.7 Å². The van der Waals surface area contributed by atoms with E-state index in [0.717, 1.165) is 18.4 Å². The monoisotopic (exact) mass is 300 g/mol. The second-order valence-corrected chi connectivity index (χ2v) is 5.72. The minimum Gasteiger partial charge on any atom is -0.349 e. The minimum absolute atomic E-state index is 0.0437. The SMILES string of the molecule is CCn1nc(C(=O)NCC(N)C2CC2)c(=O)c2ccccc21. The van der Waals surface area contributed by atoms with Crippen molar-refractivity contribution in [1.82, 2.24) is 15.1 Å². The normalized spacial score (nSPS) is 15.7. The molecule has 6 nitrogen and oxygen atoms in total. The van der Waals surface area contributed by atoms with Gasteiger partial charge in [0.2, 0.25) is 5.43 Å². The molecule has 1 aromatic carbocycles. The van der Waals surface area contributed by atoms with Gasteiger partial charge >= 0.3 is 0 Å². The van der Waals surface area contributed by atoms with Crippen LogP contribution in [0.3, 0.4) is 0 Å². The zero-order chi connectivity index (χ0) is 15.7. The lowest BCUT2D eigenvalue weighted by atomic mass is 10.2. The summed E-state index contributed by atoms with van der Waals surface area (Å²) in [6.07, 6.45) is 2.24. The van der Waals surface area contributed by atoms with Gasteiger partial charge in [0, 0.05) is 24.5 Å². The van der Waals surface area contributed by atoms with Gasteiger partial charge in [-0.1, -0.05) is 12.1 Å². The first-order valence-corrected chi connectivity index (χ1v) is 7.65. The Kier molecular flexibility index (Phi) is 3.94. The highest BCUT2D eigenvalue weighted by molar-refractivity contribution is 5.95. The number of aryl methyl sites for hydroxylation is 1. The minimum atomic E-state index is -0.450. The lowest BCUT2D eigenvalue weighted by Crippen LogP contribution is -2.40. The third-order valence-corrected chi connectivity index (χ3v) is 4.10. The van der Waals surface area contributed by atoms with Crippen molar-refractivity contribution >= 4 is 16.8 Å². The van der Waals surface area contributed by atoms with Gasteiger partial charge in [-0.05, 0) is 37.8 Å². The quantitative estimate of drug-likeness (QED) is 0.858. The number of benzene rings is 1. The highest BCUT2D eigenvalue weighted by Gasteiger charge is 2.29. The van der Waals surface area contributed by atoms with E-state index < -0.39 is 5.91 Å². The van der Waals surface area contributed by atoms with E-state index >= 15 is 0 Å². The van der Waals surface area contributed by atoms with Crippen LogP contribution in [0.25, 0.3) is 10.9 Å². The van der Waals surface area contributed by atoms with Crippen LogP contribution in [-0.2, 0) is 6.54 Å². The van der Waals surface area contributed by atoms with E-state index in [1.807, 2.05) is 19.1 Å². The van der Waals surface area contributed by atoms with E-state index in [1.165, 1.54) is 0 Å². The molecule has 0 bridgehead atoms. The predicted molar refractivity (Wildman–Crippen MR) is 84.7 cm³/mol. The molecule has 0 spiro atoms. The molecule has 1 saturated carbocycles. The number of nitrogens with zero attached hydrogens (tertiary/aromatic N) is 2. The second kappa shape index (κ2) is 5.88. The third kappa shape index (κ3) is 2.74. The van der Waals surface area contributed by atoms with E-state index in [1.54, 1.807) is 16.8 Å². The molecule has 1 aromatic heterocycles. The van der Waals surface area contributed by atoms with Gasteiger partial charge in [0.05, 0.1) is 5.52 Å². The van der Waals surface area contributed by atoms with Crippen molar-refractivity contribution in [1.29, 1.82) is 0 Å². The molecule has 0 aliphatic heterocycles. The number of hydrogen-bond donors (Lipinski definition) is 2. The Hall–Kier alpha value is -2.21. The van der Waals surface area contributed by atoms with Crippen LogP contribution >= 0.6 is 0 Å². The zero-order valence-corrected chi connectivity index (χ0v) is 12.6. The first kappa shape index (κ1) is 14.7. The molecule has 0 saturated heterocycles. The smallest absolute Gasteiger partial charge is 0.275 e. The molecule has 1 fully saturated rings. The summed E-state index contributed by atoms with van der Waals surface area (Å²) in [6, 6.07) is 7.15. The molecule has 3 N–H and O–H groups in total. The first-order chi connectivity index (χ1) is 10.6. The van der Waals surface area contributed by atoms with Crippen LogP contribution in [-0.4, -0.2) is 28.3 Å². The molecule has 3 rings (SSSR count). The maximum atomic E-state index is 12.5. The fourth-order valence-corrected chi connectivity index (χ4v) is 2.61. The Balaban J connectivity index is 1.90. The van der Waals surface area contributed by atoms with Crippen molar-refractivity contribution in [2.45, 2.75) is 32.4 Å². The van der Waals surface area contributed by atoms with Gasteiger partial charge < -0.3 is 11.1 Å². The number of carbonyl (C=O) groups is 1. The highest BCUT2D eigenvalue weighted by Crippen LogP contribution is 2.31. The summed E-state index contributed by atoms with van der Waals surface area (Å²) < 4.78 is 1.67.